The molecule has 0 amide bonds. The molecule has 0 unspecified atom stereocenters. The Morgan fingerprint density at radius 3 is 1.89 bits per heavy atom. The van der Waals surface area contributed by atoms with Crippen LogP contribution in [0.25, 0.3) is 0 Å². The molecule has 0 aliphatic rings. The van der Waals surface area contributed by atoms with Crippen molar-refractivity contribution in [2.24, 2.45) is 5.73 Å². The minimum atomic E-state index is -0.345. The van der Waals surface area contributed by atoms with Gasteiger partial charge in [0, 0.05) is 6.42 Å². The van der Waals surface area contributed by atoms with Gasteiger partial charge in [0.1, 0.15) is 0 Å². The lowest BCUT2D eigenvalue weighted by Crippen LogP contribution is -2.20. The van der Waals surface area contributed by atoms with E-state index in [2.05, 4.69) is 0 Å². The molecule has 0 aromatic carbocycles. The fourth-order valence-electron chi connectivity index (χ4n) is 0.190. The van der Waals surface area contributed by atoms with Crippen molar-refractivity contribution in [2.45, 2.75) is 13.3 Å². The summed E-state index contributed by atoms with van der Waals surface area (Å²) in [6.45, 7) is 1.67. The maximum Gasteiger partial charge on any atom is 0.196 e. The van der Waals surface area contributed by atoms with Crippen molar-refractivity contribution in [1.82, 2.24) is 0 Å². The molecule has 0 rings (SSSR count). The summed E-state index contributed by atoms with van der Waals surface area (Å²) >= 11 is 0. The molecule has 0 aliphatic carbocycles. The first-order chi connectivity index (χ1) is 3.18. The van der Waals surface area contributed by atoms with E-state index in [1.165, 1.54) is 0 Å². The van der Waals surface area contributed by atoms with Crippen molar-refractivity contribution in [1.29, 1.82) is 5.41 Å². The number of nitrogens with one attached hydrogen (secondary N) is 1. The Balaban J connectivity index is -0.000000180. The number of Topliss-reactive ketones (excluding diaryl/α,β-unsaturated/α-hetero) is 1. The van der Waals surface area contributed by atoms with Crippen LogP contribution in [0.3, 0.4) is 0 Å². The highest BCUT2D eigenvalue weighted by Gasteiger charge is 1.97. The van der Waals surface area contributed by atoms with Crippen LogP contribution in [-0.4, -0.2) is 11.6 Å². The van der Waals surface area contributed by atoms with E-state index in [1.807, 2.05) is 0 Å². The summed E-state index contributed by atoms with van der Waals surface area (Å²) in [5.41, 5.74) is 4.78. The Morgan fingerprint density at radius 2 is 1.89 bits per heavy atom. The molecule has 0 aromatic rings. The molecule has 0 saturated carbocycles. The Hall–Kier alpha value is -0.280. The Morgan fingerprint density at radius 1 is 1.56 bits per heavy atom. The highest BCUT2D eigenvalue weighted by molar-refractivity contribution is 6.36. The van der Waals surface area contributed by atoms with E-state index in [4.69, 9.17) is 11.1 Å². The molecule has 3 nitrogen and oxygen atoms in total. The third kappa shape index (κ3) is 7.72. The van der Waals surface area contributed by atoms with Crippen molar-refractivity contribution < 1.29 is 4.79 Å². The first-order valence-electron chi connectivity index (χ1n) is 2.05. The van der Waals surface area contributed by atoms with Gasteiger partial charge < -0.3 is 5.73 Å². The fraction of sp³-hybridized carbons (Fsp3) is 0.500. The molecular weight excluding hydrogens is 163 g/mol. The number of halogens is 2. The largest absolute Gasteiger partial charge is 0.381 e. The lowest BCUT2D eigenvalue weighted by atomic mass is 10.3. The topological polar surface area (TPSA) is 66.9 Å². The smallest absolute Gasteiger partial charge is 0.196 e. The van der Waals surface area contributed by atoms with Crippen LogP contribution in [0.1, 0.15) is 13.3 Å². The van der Waals surface area contributed by atoms with Crippen LogP contribution in [0.4, 0.5) is 0 Å². The minimum absolute atomic E-state index is 0. The standard InChI is InChI=1S/C4H8N2O.2ClH/c1-2-3(7)4(5)6;;/h2H2,1H3,(H3,5,6);2*1H. The zero-order chi connectivity index (χ0) is 5.86. The van der Waals surface area contributed by atoms with Crippen LogP contribution in [0, 0.1) is 5.41 Å². The van der Waals surface area contributed by atoms with Crippen molar-refractivity contribution in [3.8, 4) is 0 Å². The highest BCUT2D eigenvalue weighted by Crippen LogP contribution is 1.75. The number of carbonyl (C=O) groups excluding carboxylic acids is 1. The number of amidine groups is 1. The zero-order valence-corrected chi connectivity index (χ0v) is 6.64. The second kappa shape index (κ2) is 7.72. The molecule has 9 heavy (non-hydrogen) atoms. The van der Waals surface area contributed by atoms with Crippen LogP contribution in [-0.2, 0) is 4.79 Å². The molecule has 0 radical (unpaired) electrons. The van der Waals surface area contributed by atoms with Crippen LogP contribution in [0.2, 0.25) is 0 Å². The van der Waals surface area contributed by atoms with Gasteiger partial charge >= 0.3 is 0 Å². The van der Waals surface area contributed by atoms with Gasteiger partial charge in [-0.15, -0.1) is 24.8 Å². The number of hydrogen-bond acceptors (Lipinski definition) is 2. The van der Waals surface area contributed by atoms with Gasteiger partial charge in [0.2, 0.25) is 0 Å². The maximum atomic E-state index is 10.2. The quantitative estimate of drug-likeness (QED) is 0.477. The third-order valence-corrected chi connectivity index (χ3v) is 0.622. The van der Waals surface area contributed by atoms with Crippen molar-refractivity contribution >= 4 is 36.4 Å². The van der Waals surface area contributed by atoms with Gasteiger partial charge in [0.25, 0.3) is 0 Å². The fourth-order valence-corrected chi connectivity index (χ4v) is 0.190. The van der Waals surface area contributed by atoms with Crippen LogP contribution >= 0.6 is 24.8 Å². The SMILES string of the molecule is CCC(=O)C(=N)N.Cl.Cl. The van der Waals surface area contributed by atoms with Gasteiger partial charge in [-0.25, -0.2) is 0 Å². The van der Waals surface area contributed by atoms with E-state index in [0.717, 1.165) is 0 Å². The maximum absolute atomic E-state index is 10.2. The number of rotatable bonds is 2. The number of hydrogen-bond donors (Lipinski definition) is 2. The second-order valence-corrected chi connectivity index (χ2v) is 1.19. The molecular formula is C4H10Cl2N2O. The lowest BCUT2D eigenvalue weighted by molar-refractivity contribution is -0.112. The Bertz CT molecular complexity index is 105. The molecule has 0 bridgehead atoms. The molecule has 3 N–H and O–H groups in total. The Kier molecular flexibility index (Phi) is 13.6. The first kappa shape index (κ1) is 15.9. The summed E-state index contributed by atoms with van der Waals surface area (Å²) < 4.78 is 0. The van der Waals surface area contributed by atoms with Gasteiger partial charge in [0.15, 0.2) is 11.6 Å². The highest BCUT2D eigenvalue weighted by atomic mass is 35.5. The number of carbonyl (C=O) groups is 1. The summed E-state index contributed by atoms with van der Waals surface area (Å²) in [6.07, 6.45) is 0.329. The molecule has 0 fully saturated rings. The molecule has 0 aliphatic heterocycles. The van der Waals surface area contributed by atoms with Gasteiger partial charge in [-0.05, 0) is 0 Å². The Labute approximate surface area is 66.3 Å². The lowest BCUT2D eigenvalue weighted by Gasteiger charge is -1.86. The predicted molar refractivity (Wildman–Crippen MR) is 41.7 cm³/mol. The van der Waals surface area contributed by atoms with Crippen molar-refractivity contribution in [3.63, 3.8) is 0 Å². The zero-order valence-electron chi connectivity index (χ0n) is 5.01. The van der Waals surface area contributed by atoms with Gasteiger partial charge in [-0.3, -0.25) is 10.2 Å². The molecule has 0 heterocycles. The van der Waals surface area contributed by atoms with E-state index in [-0.39, 0.29) is 36.4 Å². The molecule has 0 atom stereocenters. The normalized spacial score (nSPS) is 6.33. The molecule has 0 saturated heterocycles. The van der Waals surface area contributed by atoms with Gasteiger partial charge in [-0.1, -0.05) is 6.92 Å². The summed E-state index contributed by atoms with van der Waals surface area (Å²) in [5.74, 6) is -0.637. The van der Waals surface area contributed by atoms with Gasteiger partial charge in [-0.2, -0.15) is 0 Å². The number of nitrogens with two attached hydrogens (primary N) is 1. The van der Waals surface area contributed by atoms with Crippen molar-refractivity contribution in [3.05, 3.63) is 0 Å². The molecule has 0 spiro atoms. The summed E-state index contributed by atoms with van der Waals surface area (Å²) in [7, 11) is 0. The number of ketones is 1. The third-order valence-electron chi connectivity index (χ3n) is 0.622. The van der Waals surface area contributed by atoms with E-state index >= 15 is 0 Å². The van der Waals surface area contributed by atoms with Crippen molar-refractivity contribution in [2.75, 3.05) is 0 Å². The average Bonchev–Trinajstić information content (AvgIpc) is 1.65. The minimum Gasteiger partial charge on any atom is -0.381 e. The average molecular weight is 173 g/mol. The van der Waals surface area contributed by atoms with E-state index in [1.54, 1.807) is 6.92 Å². The van der Waals surface area contributed by atoms with Gasteiger partial charge in [0.05, 0.1) is 0 Å². The predicted octanol–water partition coefficient (Wildman–Crippen LogP) is 0.745. The molecule has 5 heteroatoms. The summed E-state index contributed by atoms with van der Waals surface area (Å²) in [5, 5.41) is 6.53. The molecule has 0 aromatic heterocycles. The monoisotopic (exact) mass is 172 g/mol. The second-order valence-electron chi connectivity index (χ2n) is 1.19. The first-order valence-corrected chi connectivity index (χ1v) is 2.05. The van der Waals surface area contributed by atoms with E-state index < -0.39 is 0 Å². The summed E-state index contributed by atoms with van der Waals surface area (Å²) in [6, 6.07) is 0. The van der Waals surface area contributed by atoms with Crippen LogP contribution < -0.4 is 5.73 Å². The van der Waals surface area contributed by atoms with Crippen LogP contribution in [0.5, 0.6) is 0 Å². The summed E-state index contributed by atoms with van der Waals surface area (Å²) in [4.78, 5) is 10.2. The molecule has 56 valence electrons. The van der Waals surface area contributed by atoms with Crippen LogP contribution in [0.15, 0.2) is 0 Å². The van der Waals surface area contributed by atoms with E-state index in [0.29, 0.717) is 6.42 Å². The van der Waals surface area contributed by atoms with E-state index in [9.17, 15) is 4.79 Å².